The summed E-state index contributed by atoms with van der Waals surface area (Å²) < 4.78 is 13.7. The average Bonchev–Trinajstić information content (AvgIpc) is 1.97. The Morgan fingerprint density at radius 3 is 2.73 bits per heavy atom. The van der Waals surface area contributed by atoms with E-state index in [1.807, 2.05) is 0 Å². The maximum absolute atomic E-state index is 13.0. The molecule has 0 saturated carbocycles. The van der Waals surface area contributed by atoms with E-state index in [4.69, 9.17) is 0 Å². The van der Waals surface area contributed by atoms with E-state index in [-0.39, 0.29) is 5.82 Å². The molecule has 1 aromatic carbocycles. The lowest BCUT2D eigenvalue weighted by molar-refractivity contribution is 0.611. The van der Waals surface area contributed by atoms with Crippen molar-refractivity contribution in [1.82, 2.24) is 0 Å². The molecule has 0 aromatic heterocycles. The highest BCUT2D eigenvalue weighted by Crippen LogP contribution is 2.19. The lowest BCUT2D eigenvalue weighted by atomic mass is 10.2. The van der Waals surface area contributed by atoms with Gasteiger partial charge in [0, 0.05) is 15.4 Å². The van der Waals surface area contributed by atoms with Gasteiger partial charge in [-0.3, -0.25) is 0 Å². The van der Waals surface area contributed by atoms with Gasteiger partial charge in [0.15, 0.2) is 0 Å². The zero-order valence-corrected chi connectivity index (χ0v) is 8.87. The van der Waals surface area contributed by atoms with Crippen LogP contribution >= 0.6 is 31.9 Å². The molecule has 0 amide bonds. The second-order valence-corrected chi connectivity index (χ2v) is 3.72. The van der Waals surface area contributed by atoms with Gasteiger partial charge in [-0.2, -0.15) is 0 Å². The summed E-state index contributed by atoms with van der Waals surface area (Å²) in [5.41, 5.74) is 0.709. The van der Waals surface area contributed by atoms with Crippen LogP contribution in [0.25, 0.3) is 0 Å². The van der Waals surface area contributed by atoms with Crippen molar-refractivity contribution in [3.63, 3.8) is 0 Å². The molecule has 1 radical (unpaired) electrons. The normalized spacial score (nSPS) is 10.1. The molecular formula is C8H6Br2F. The minimum Gasteiger partial charge on any atom is -0.207 e. The van der Waals surface area contributed by atoms with Crippen LogP contribution < -0.4 is 0 Å². The van der Waals surface area contributed by atoms with Crippen LogP contribution in [-0.4, -0.2) is 5.33 Å². The maximum atomic E-state index is 13.0. The van der Waals surface area contributed by atoms with Crippen LogP contribution in [-0.2, 0) is 6.42 Å². The van der Waals surface area contributed by atoms with Gasteiger partial charge in [-0.05, 0) is 24.6 Å². The summed E-state index contributed by atoms with van der Waals surface area (Å²) in [4.78, 5) is 0. The molecule has 0 heterocycles. The molecule has 1 rings (SSSR count). The Labute approximate surface area is 82.1 Å². The van der Waals surface area contributed by atoms with Gasteiger partial charge in [0.25, 0.3) is 0 Å². The number of halogens is 3. The van der Waals surface area contributed by atoms with Crippen molar-refractivity contribution in [3.05, 3.63) is 34.1 Å². The van der Waals surface area contributed by atoms with Crippen molar-refractivity contribution >= 4 is 31.9 Å². The van der Waals surface area contributed by atoms with Gasteiger partial charge in [0.05, 0.1) is 0 Å². The predicted octanol–water partition coefficient (Wildman–Crippen LogP) is 3.33. The summed E-state index contributed by atoms with van der Waals surface area (Å²) in [6.45, 7) is 0. The molecule has 0 saturated heterocycles. The van der Waals surface area contributed by atoms with Crippen molar-refractivity contribution in [2.45, 2.75) is 6.42 Å². The highest BCUT2D eigenvalue weighted by Gasteiger charge is 2.04. The van der Waals surface area contributed by atoms with E-state index in [0.717, 1.165) is 9.80 Å². The van der Waals surface area contributed by atoms with Crippen LogP contribution in [0.5, 0.6) is 0 Å². The summed E-state index contributed by atoms with van der Waals surface area (Å²) >= 11 is 6.51. The van der Waals surface area contributed by atoms with Crippen LogP contribution in [0.1, 0.15) is 5.56 Å². The van der Waals surface area contributed by atoms with Crippen molar-refractivity contribution in [1.29, 1.82) is 0 Å². The Balaban J connectivity index is 3.00. The second-order valence-electron chi connectivity index (χ2n) is 2.07. The molecule has 3 heteroatoms. The highest BCUT2D eigenvalue weighted by molar-refractivity contribution is 9.10. The second kappa shape index (κ2) is 4.21. The van der Waals surface area contributed by atoms with E-state index in [2.05, 4.69) is 37.9 Å². The highest BCUT2D eigenvalue weighted by atomic mass is 79.9. The number of rotatable bonds is 2. The first-order chi connectivity index (χ1) is 5.25. The van der Waals surface area contributed by atoms with Crippen LogP contribution in [0, 0.1) is 11.9 Å². The van der Waals surface area contributed by atoms with Gasteiger partial charge in [0.1, 0.15) is 5.82 Å². The Morgan fingerprint density at radius 2 is 2.18 bits per heavy atom. The molecule has 0 aliphatic carbocycles. The van der Waals surface area contributed by atoms with Crippen LogP contribution in [0.2, 0.25) is 0 Å². The van der Waals surface area contributed by atoms with Gasteiger partial charge in [-0.1, -0.05) is 31.9 Å². The summed E-state index contributed by atoms with van der Waals surface area (Å²) in [6, 6.07) is 5.76. The van der Waals surface area contributed by atoms with E-state index in [9.17, 15) is 4.39 Å². The molecule has 0 aliphatic rings. The SMILES string of the molecule is Fc1c[c]cc(Br)c1CCBr. The van der Waals surface area contributed by atoms with Crippen LogP contribution in [0.4, 0.5) is 4.39 Å². The summed E-state index contributed by atoms with van der Waals surface area (Å²) in [5, 5.41) is 0.770. The average molecular weight is 281 g/mol. The molecule has 11 heavy (non-hydrogen) atoms. The summed E-state index contributed by atoms with van der Waals surface area (Å²) in [7, 11) is 0. The third-order valence-electron chi connectivity index (χ3n) is 1.34. The molecule has 0 fully saturated rings. The number of alkyl halides is 1. The fourth-order valence-electron chi connectivity index (χ4n) is 0.810. The van der Waals surface area contributed by atoms with Gasteiger partial charge in [-0.15, -0.1) is 0 Å². The van der Waals surface area contributed by atoms with Crippen molar-refractivity contribution in [2.24, 2.45) is 0 Å². The molecule has 0 nitrogen and oxygen atoms in total. The van der Waals surface area contributed by atoms with Crippen LogP contribution in [0.3, 0.4) is 0 Å². The van der Waals surface area contributed by atoms with Crippen molar-refractivity contribution in [3.8, 4) is 0 Å². The molecular weight excluding hydrogens is 275 g/mol. The molecule has 0 atom stereocenters. The fourth-order valence-corrected chi connectivity index (χ4v) is 1.73. The first-order valence-electron chi connectivity index (χ1n) is 3.15. The van der Waals surface area contributed by atoms with Crippen molar-refractivity contribution < 1.29 is 4.39 Å². The topological polar surface area (TPSA) is 0 Å². The largest absolute Gasteiger partial charge is 0.207 e. The monoisotopic (exact) mass is 279 g/mol. The Bertz CT molecular complexity index is 228. The van der Waals surface area contributed by atoms with E-state index < -0.39 is 0 Å². The van der Waals surface area contributed by atoms with E-state index in [1.165, 1.54) is 6.07 Å². The fraction of sp³-hybridized carbons (Fsp3) is 0.250. The molecule has 0 N–H and O–H groups in total. The lowest BCUT2D eigenvalue weighted by Crippen LogP contribution is -1.92. The van der Waals surface area contributed by atoms with Gasteiger partial charge >= 0.3 is 0 Å². The number of hydrogen-bond donors (Lipinski definition) is 0. The van der Waals surface area contributed by atoms with E-state index in [1.54, 1.807) is 6.07 Å². The minimum absolute atomic E-state index is 0.196. The Kier molecular flexibility index (Phi) is 3.52. The predicted molar refractivity (Wildman–Crippen MR) is 50.4 cm³/mol. The zero-order valence-electron chi connectivity index (χ0n) is 5.70. The minimum atomic E-state index is -0.196. The van der Waals surface area contributed by atoms with Gasteiger partial charge in [-0.25, -0.2) is 4.39 Å². The molecule has 0 spiro atoms. The molecule has 0 bridgehead atoms. The van der Waals surface area contributed by atoms with Gasteiger partial charge < -0.3 is 0 Å². The summed E-state index contributed by atoms with van der Waals surface area (Å²) in [6.07, 6.45) is 0.696. The molecule has 59 valence electrons. The maximum Gasteiger partial charge on any atom is 0.128 e. The first-order valence-corrected chi connectivity index (χ1v) is 5.07. The summed E-state index contributed by atoms with van der Waals surface area (Å²) in [5.74, 6) is -0.196. The van der Waals surface area contributed by atoms with E-state index >= 15 is 0 Å². The van der Waals surface area contributed by atoms with Gasteiger partial charge in [0.2, 0.25) is 0 Å². The number of benzene rings is 1. The third kappa shape index (κ3) is 2.27. The van der Waals surface area contributed by atoms with Crippen molar-refractivity contribution in [2.75, 3.05) is 5.33 Å². The Hall–Kier alpha value is 0.110. The standard InChI is InChI=1S/C8H6Br2F/c9-5-4-6-7(10)2-1-3-8(6)11/h2-3H,4-5H2. The molecule has 1 aromatic rings. The van der Waals surface area contributed by atoms with E-state index in [0.29, 0.717) is 12.0 Å². The zero-order chi connectivity index (χ0) is 8.27. The smallest absolute Gasteiger partial charge is 0.128 e. The van der Waals surface area contributed by atoms with Crippen LogP contribution in [0.15, 0.2) is 16.6 Å². The molecule has 0 unspecified atom stereocenters. The Morgan fingerprint density at radius 1 is 1.45 bits per heavy atom. The first kappa shape index (κ1) is 9.20. The number of hydrogen-bond acceptors (Lipinski definition) is 0. The molecule has 0 aliphatic heterocycles. The lowest BCUT2D eigenvalue weighted by Gasteiger charge is -2.01. The third-order valence-corrected chi connectivity index (χ3v) is 2.45. The quantitative estimate of drug-likeness (QED) is 0.729.